The van der Waals surface area contributed by atoms with Gasteiger partial charge in [-0.25, -0.2) is 10.1 Å². The SMILES string of the molecule is [C-]#[N+]/C(C#N)=c1\s/c(=C\c2cc3c(s2)-c2sc4cc(/C=c5\sc(=C(C#N)C#N)n(CC)c5=O)sc4c2OC32CCCCC2)c(=O)n1CC. The molecule has 0 unspecified atom stereocenters. The Labute approximate surface area is 293 Å². The maximum atomic E-state index is 13.3. The van der Waals surface area contributed by atoms with Crippen LogP contribution in [0, 0.1) is 40.6 Å². The van der Waals surface area contributed by atoms with Gasteiger partial charge in [0.2, 0.25) is 0 Å². The molecule has 238 valence electrons. The number of hydrogen-bond acceptors (Lipinski definition) is 11. The number of nitrogens with zero attached hydrogens (tertiary/aromatic N) is 6. The molecule has 0 atom stereocenters. The van der Waals surface area contributed by atoms with E-state index >= 15 is 0 Å². The van der Waals surface area contributed by atoms with Gasteiger partial charge in [-0.3, -0.25) is 14.2 Å². The highest BCUT2D eigenvalue weighted by atomic mass is 32.1. The molecule has 0 bridgehead atoms. The average Bonchev–Trinajstić information content (AvgIpc) is 3.89. The molecule has 0 radical (unpaired) electrons. The smallest absolute Gasteiger partial charge is 0.294 e. The maximum Gasteiger partial charge on any atom is 0.294 e. The first-order valence-electron chi connectivity index (χ1n) is 15.2. The number of thiophene rings is 3. The largest absolute Gasteiger partial charge is 0.479 e. The van der Waals surface area contributed by atoms with E-state index in [2.05, 4.69) is 17.0 Å². The molecule has 7 rings (SSSR count). The summed E-state index contributed by atoms with van der Waals surface area (Å²) in [6.45, 7) is 11.8. The third-order valence-electron chi connectivity index (χ3n) is 8.60. The Kier molecular flexibility index (Phi) is 8.33. The van der Waals surface area contributed by atoms with E-state index in [1.165, 1.54) is 20.5 Å². The molecular formula is C34H24N6O3S5. The molecule has 1 aliphatic heterocycles. The molecule has 1 aliphatic carbocycles. The highest BCUT2D eigenvalue weighted by molar-refractivity contribution is 7.32. The van der Waals surface area contributed by atoms with E-state index < -0.39 is 5.60 Å². The van der Waals surface area contributed by atoms with Crippen molar-refractivity contribution in [1.29, 1.82) is 15.8 Å². The average molecular weight is 725 g/mol. The molecule has 9 nitrogen and oxygen atoms in total. The number of rotatable bonds is 4. The van der Waals surface area contributed by atoms with E-state index in [1.807, 2.05) is 44.2 Å². The van der Waals surface area contributed by atoms with Crippen LogP contribution in [0.5, 0.6) is 5.75 Å². The van der Waals surface area contributed by atoms with Gasteiger partial charge >= 0.3 is 0 Å². The predicted molar refractivity (Wildman–Crippen MR) is 193 cm³/mol. The normalized spacial score (nSPS) is 16.0. The number of ether oxygens (including phenoxy) is 1. The lowest BCUT2D eigenvalue weighted by Crippen LogP contribution is -2.37. The monoisotopic (exact) mass is 724 g/mol. The lowest BCUT2D eigenvalue weighted by atomic mass is 9.78. The molecule has 0 saturated heterocycles. The Morgan fingerprint density at radius 3 is 2.10 bits per heavy atom. The van der Waals surface area contributed by atoms with Crippen molar-refractivity contribution in [2.24, 2.45) is 0 Å². The second-order valence-electron chi connectivity index (χ2n) is 11.3. The number of nitriles is 3. The molecule has 5 aromatic rings. The van der Waals surface area contributed by atoms with Crippen molar-refractivity contribution >= 4 is 89.5 Å². The molecule has 6 heterocycles. The van der Waals surface area contributed by atoms with Crippen molar-refractivity contribution in [3.05, 3.63) is 78.0 Å². The van der Waals surface area contributed by atoms with Gasteiger partial charge < -0.3 is 9.30 Å². The van der Waals surface area contributed by atoms with Crippen molar-refractivity contribution in [3.8, 4) is 33.7 Å². The minimum Gasteiger partial charge on any atom is -0.479 e. The molecule has 48 heavy (non-hydrogen) atoms. The molecule has 2 aliphatic rings. The molecule has 0 N–H and O–H groups in total. The molecule has 1 saturated carbocycles. The molecule has 1 spiro atoms. The third kappa shape index (κ3) is 5.00. The van der Waals surface area contributed by atoms with E-state index in [1.54, 1.807) is 34.0 Å². The molecule has 5 aromatic heterocycles. The molecular weight excluding hydrogens is 701 g/mol. The fourth-order valence-electron chi connectivity index (χ4n) is 6.41. The Bertz CT molecular complexity index is 2680. The zero-order valence-corrected chi connectivity index (χ0v) is 29.8. The van der Waals surface area contributed by atoms with Gasteiger partial charge in [-0.1, -0.05) is 6.42 Å². The van der Waals surface area contributed by atoms with E-state index in [0.29, 0.717) is 31.5 Å². The van der Waals surface area contributed by atoms with E-state index in [0.717, 1.165) is 83.7 Å². The predicted octanol–water partition coefficient (Wildman–Crippen LogP) is 5.14. The highest BCUT2D eigenvalue weighted by Gasteiger charge is 2.44. The van der Waals surface area contributed by atoms with Crippen LogP contribution >= 0.6 is 56.7 Å². The summed E-state index contributed by atoms with van der Waals surface area (Å²) in [7, 11) is 0. The van der Waals surface area contributed by atoms with Crippen LogP contribution < -0.4 is 34.2 Å². The van der Waals surface area contributed by atoms with E-state index in [9.17, 15) is 25.4 Å². The lowest BCUT2D eigenvalue weighted by Gasteiger charge is -2.40. The lowest BCUT2D eigenvalue weighted by molar-refractivity contribution is 0.0267. The summed E-state index contributed by atoms with van der Waals surface area (Å²) in [4.78, 5) is 33.9. The van der Waals surface area contributed by atoms with Crippen LogP contribution in [0.25, 0.3) is 47.4 Å². The second-order valence-corrected chi connectivity index (χ2v) is 16.5. The minimum atomic E-state index is -0.473. The summed E-state index contributed by atoms with van der Waals surface area (Å²) in [6.07, 6.45) is 8.74. The van der Waals surface area contributed by atoms with Gasteiger partial charge in [0.1, 0.15) is 27.1 Å². The van der Waals surface area contributed by atoms with Crippen LogP contribution in [-0.2, 0) is 18.7 Å². The van der Waals surface area contributed by atoms with Crippen molar-refractivity contribution in [2.75, 3.05) is 0 Å². The quantitative estimate of drug-likeness (QED) is 0.236. The Hall–Kier alpha value is -4.54. The van der Waals surface area contributed by atoms with Gasteiger partial charge in [0, 0.05) is 28.4 Å². The van der Waals surface area contributed by atoms with Crippen molar-refractivity contribution in [3.63, 3.8) is 0 Å². The van der Waals surface area contributed by atoms with Crippen LogP contribution in [-0.4, -0.2) is 9.13 Å². The number of hydrogen-bond donors (Lipinski definition) is 0. The van der Waals surface area contributed by atoms with Crippen molar-refractivity contribution in [2.45, 2.75) is 64.6 Å². The first-order valence-corrected chi connectivity index (χ1v) is 19.3. The van der Waals surface area contributed by atoms with Gasteiger partial charge in [-0.15, -0.1) is 56.7 Å². The summed E-state index contributed by atoms with van der Waals surface area (Å²) in [5, 5.41) is 28.3. The second kappa shape index (κ2) is 12.5. The van der Waals surface area contributed by atoms with Gasteiger partial charge in [0.25, 0.3) is 16.8 Å². The van der Waals surface area contributed by atoms with Gasteiger partial charge in [-0.05, 0) is 63.8 Å². The number of aromatic nitrogens is 2. The molecule has 0 amide bonds. The van der Waals surface area contributed by atoms with Crippen LogP contribution in [0.15, 0.2) is 21.7 Å². The zero-order valence-electron chi connectivity index (χ0n) is 25.7. The fourth-order valence-corrected chi connectivity index (χ4v) is 12.5. The van der Waals surface area contributed by atoms with Crippen LogP contribution in [0.3, 0.4) is 0 Å². The Morgan fingerprint density at radius 1 is 0.875 bits per heavy atom. The minimum absolute atomic E-state index is 0.0708. The number of fused-ring (bicyclic) bond motifs is 6. The molecule has 0 aromatic carbocycles. The number of thiazole rings is 2. The van der Waals surface area contributed by atoms with Gasteiger partial charge in [-0.2, -0.15) is 10.5 Å². The summed E-state index contributed by atoms with van der Waals surface area (Å²) in [6, 6.07) is 9.96. The first-order chi connectivity index (χ1) is 23.3. The van der Waals surface area contributed by atoms with Gasteiger partial charge in [0.15, 0.2) is 11.3 Å². The topological polar surface area (TPSA) is 129 Å². The Morgan fingerprint density at radius 2 is 1.50 bits per heavy atom. The van der Waals surface area contributed by atoms with Crippen LogP contribution in [0.2, 0.25) is 0 Å². The summed E-state index contributed by atoms with van der Waals surface area (Å²) >= 11 is 7.19. The van der Waals surface area contributed by atoms with Crippen LogP contribution in [0.4, 0.5) is 0 Å². The maximum absolute atomic E-state index is 13.3. The summed E-state index contributed by atoms with van der Waals surface area (Å²) < 4.78 is 13.8. The summed E-state index contributed by atoms with van der Waals surface area (Å²) in [5.41, 5.74) is 0.100. The Balaban J connectivity index is 1.39. The standard InChI is InChI=1S/C34H24N6O3S5/c1-4-39-30(41)24(47-32(39)18(15-35)16-36)14-20-12-23-28(45-20)26-29(46-23)27-21(34(43-26)9-7-6-8-10-34)11-19(44-27)13-25-31(42)40(5-2)33(48-25)22(17-37)38-3/h11-14H,4-10H2,1-2H3/b24-14-,25-13-,33-22-. The summed E-state index contributed by atoms with van der Waals surface area (Å²) in [5.74, 6) is 0.863. The van der Waals surface area contributed by atoms with Crippen molar-refractivity contribution < 1.29 is 4.74 Å². The van der Waals surface area contributed by atoms with Gasteiger partial charge in [0.05, 0.1) is 40.9 Å². The molecule has 14 heteroatoms. The van der Waals surface area contributed by atoms with Crippen LogP contribution in [0.1, 0.15) is 61.3 Å². The van der Waals surface area contributed by atoms with E-state index in [-0.39, 0.29) is 22.4 Å². The zero-order chi connectivity index (χ0) is 33.7. The fraction of sp³-hybridized carbons (Fsp3) is 0.294. The third-order valence-corrected chi connectivity index (χ3v) is 14.4. The molecule has 1 fully saturated rings. The first kappa shape index (κ1) is 32.0. The highest BCUT2D eigenvalue weighted by Crippen LogP contribution is 2.60. The van der Waals surface area contributed by atoms with Crippen molar-refractivity contribution in [1.82, 2.24) is 9.13 Å². The van der Waals surface area contributed by atoms with E-state index in [4.69, 9.17) is 11.3 Å².